The Morgan fingerprint density at radius 3 is 2.22 bits per heavy atom. The zero-order valence-electron chi connectivity index (χ0n) is 4.74. The van der Waals surface area contributed by atoms with Gasteiger partial charge in [-0.3, -0.25) is 0 Å². The van der Waals surface area contributed by atoms with Crippen LogP contribution >= 0.6 is 0 Å². The molecule has 0 aliphatic heterocycles. The van der Waals surface area contributed by atoms with E-state index in [1.54, 1.807) is 0 Å². The molecule has 0 radical (unpaired) electrons. The van der Waals surface area contributed by atoms with E-state index >= 15 is 0 Å². The standard InChI is InChI=1S/C5H8O4/c1-3(2-6)4(7)5(8)9/h4,6-7H,1-2H2,(H,8,9). The number of hydrogen-bond donors (Lipinski definition) is 3. The first-order chi connectivity index (χ1) is 4.09. The molecule has 0 saturated carbocycles. The first kappa shape index (κ1) is 8.13. The van der Waals surface area contributed by atoms with Gasteiger partial charge in [-0.1, -0.05) is 6.58 Å². The summed E-state index contributed by atoms with van der Waals surface area (Å²) < 4.78 is 0. The van der Waals surface area contributed by atoms with E-state index < -0.39 is 18.7 Å². The Morgan fingerprint density at radius 1 is 1.67 bits per heavy atom. The van der Waals surface area contributed by atoms with E-state index in [-0.39, 0.29) is 5.57 Å². The monoisotopic (exact) mass is 132 g/mol. The molecule has 0 aromatic carbocycles. The first-order valence-corrected chi connectivity index (χ1v) is 2.29. The van der Waals surface area contributed by atoms with Crippen LogP contribution in [0.25, 0.3) is 0 Å². The average Bonchev–Trinajstić information content (AvgIpc) is 1.84. The maximum absolute atomic E-state index is 9.88. The van der Waals surface area contributed by atoms with Crippen molar-refractivity contribution in [1.82, 2.24) is 0 Å². The number of carboxylic acids is 1. The zero-order chi connectivity index (χ0) is 7.44. The lowest BCUT2D eigenvalue weighted by molar-refractivity contribution is -0.144. The quantitative estimate of drug-likeness (QED) is 0.429. The predicted octanol–water partition coefficient (Wildman–Crippen LogP) is -1.02. The molecule has 0 aliphatic rings. The van der Waals surface area contributed by atoms with Gasteiger partial charge in [0.2, 0.25) is 0 Å². The van der Waals surface area contributed by atoms with Crippen LogP contribution < -0.4 is 0 Å². The van der Waals surface area contributed by atoms with Crippen molar-refractivity contribution in [3.63, 3.8) is 0 Å². The fourth-order valence-corrected chi connectivity index (χ4v) is 0.261. The highest BCUT2D eigenvalue weighted by molar-refractivity contribution is 5.75. The summed E-state index contributed by atoms with van der Waals surface area (Å²) in [5, 5.41) is 24.8. The van der Waals surface area contributed by atoms with Crippen LogP contribution in [0.3, 0.4) is 0 Å². The van der Waals surface area contributed by atoms with Crippen molar-refractivity contribution < 1.29 is 20.1 Å². The summed E-state index contributed by atoms with van der Waals surface area (Å²) in [6.07, 6.45) is -1.64. The van der Waals surface area contributed by atoms with Gasteiger partial charge < -0.3 is 15.3 Å². The highest BCUT2D eigenvalue weighted by Crippen LogP contribution is 1.96. The summed E-state index contributed by atoms with van der Waals surface area (Å²) in [4.78, 5) is 9.88. The van der Waals surface area contributed by atoms with Gasteiger partial charge in [-0.05, 0) is 5.57 Å². The minimum Gasteiger partial charge on any atom is -0.479 e. The van der Waals surface area contributed by atoms with E-state index in [9.17, 15) is 4.79 Å². The number of aliphatic carboxylic acids is 1. The molecule has 0 heterocycles. The summed E-state index contributed by atoms with van der Waals surface area (Å²) in [6.45, 7) is 2.61. The maximum Gasteiger partial charge on any atom is 0.336 e. The molecule has 0 fully saturated rings. The van der Waals surface area contributed by atoms with Crippen LogP contribution in [-0.4, -0.2) is 34.0 Å². The van der Waals surface area contributed by atoms with Gasteiger partial charge in [0.05, 0.1) is 6.61 Å². The highest BCUT2D eigenvalue weighted by atomic mass is 16.4. The molecule has 9 heavy (non-hydrogen) atoms. The van der Waals surface area contributed by atoms with Gasteiger partial charge in [0.25, 0.3) is 0 Å². The Morgan fingerprint density at radius 2 is 2.11 bits per heavy atom. The molecule has 4 heteroatoms. The van der Waals surface area contributed by atoms with Gasteiger partial charge in [-0.2, -0.15) is 0 Å². The number of carbonyl (C=O) groups is 1. The number of rotatable bonds is 3. The molecule has 1 unspecified atom stereocenters. The lowest BCUT2D eigenvalue weighted by atomic mass is 10.2. The van der Waals surface area contributed by atoms with Gasteiger partial charge >= 0.3 is 5.97 Å². The van der Waals surface area contributed by atoms with Crippen molar-refractivity contribution in [2.24, 2.45) is 0 Å². The van der Waals surface area contributed by atoms with E-state index in [4.69, 9.17) is 15.3 Å². The molecule has 0 aromatic heterocycles. The van der Waals surface area contributed by atoms with Crippen molar-refractivity contribution in [2.75, 3.05) is 6.61 Å². The number of aliphatic hydroxyl groups is 2. The molecule has 0 bridgehead atoms. The third-order valence-corrected chi connectivity index (χ3v) is 0.824. The number of carboxylic acid groups (broad SMARTS) is 1. The molecule has 0 saturated heterocycles. The molecule has 4 nitrogen and oxygen atoms in total. The average molecular weight is 132 g/mol. The SMILES string of the molecule is C=C(CO)C(O)C(=O)O. The van der Waals surface area contributed by atoms with Crippen LogP contribution in [0.2, 0.25) is 0 Å². The molecule has 52 valence electrons. The van der Waals surface area contributed by atoms with Gasteiger partial charge in [-0.25, -0.2) is 4.79 Å². The first-order valence-electron chi connectivity index (χ1n) is 2.29. The molecule has 1 atom stereocenters. The van der Waals surface area contributed by atoms with Crippen LogP contribution in [0.5, 0.6) is 0 Å². The summed E-state index contributed by atoms with van der Waals surface area (Å²) in [5.41, 5.74) is -0.109. The fraction of sp³-hybridized carbons (Fsp3) is 0.400. The zero-order valence-corrected chi connectivity index (χ0v) is 4.74. The van der Waals surface area contributed by atoms with Crippen molar-refractivity contribution in [3.8, 4) is 0 Å². The minimum absolute atomic E-state index is 0.109. The number of hydrogen-bond acceptors (Lipinski definition) is 3. The normalized spacial score (nSPS) is 12.7. The van der Waals surface area contributed by atoms with Crippen LogP contribution in [0.4, 0.5) is 0 Å². The molecular weight excluding hydrogens is 124 g/mol. The number of aliphatic hydroxyl groups excluding tert-OH is 2. The summed E-state index contributed by atoms with van der Waals surface area (Å²) in [5.74, 6) is -1.39. The third kappa shape index (κ3) is 2.25. The summed E-state index contributed by atoms with van der Waals surface area (Å²) in [6, 6.07) is 0. The van der Waals surface area contributed by atoms with E-state index in [0.717, 1.165) is 0 Å². The van der Waals surface area contributed by atoms with Gasteiger partial charge in [0, 0.05) is 0 Å². The molecule has 3 N–H and O–H groups in total. The topological polar surface area (TPSA) is 77.8 Å². The molecular formula is C5H8O4. The molecule has 0 aromatic rings. The Labute approximate surface area is 52.1 Å². The van der Waals surface area contributed by atoms with Crippen molar-refractivity contribution in [2.45, 2.75) is 6.10 Å². The highest BCUT2D eigenvalue weighted by Gasteiger charge is 2.15. The lowest BCUT2D eigenvalue weighted by Crippen LogP contribution is -2.22. The predicted molar refractivity (Wildman–Crippen MR) is 29.9 cm³/mol. The second kappa shape index (κ2) is 3.21. The Balaban J connectivity index is 3.88. The Hall–Kier alpha value is -0.870. The second-order valence-electron chi connectivity index (χ2n) is 1.56. The van der Waals surface area contributed by atoms with Crippen LogP contribution in [0.1, 0.15) is 0 Å². The van der Waals surface area contributed by atoms with Gasteiger partial charge in [0.1, 0.15) is 0 Å². The van der Waals surface area contributed by atoms with Crippen molar-refractivity contribution in [3.05, 3.63) is 12.2 Å². The molecule has 0 amide bonds. The van der Waals surface area contributed by atoms with E-state index in [1.807, 2.05) is 0 Å². The van der Waals surface area contributed by atoms with Gasteiger partial charge in [-0.15, -0.1) is 0 Å². The minimum atomic E-state index is -1.64. The largest absolute Gasteiger partial charge is 0.479 e. The third-order valence-electron chi connectivity index (χ3n) is 0.824. The maximum atomic E-state index is 9.88. The van der Waals surface area contributed by atoms with E-state index in [0.29, 0.717) is 0 Å². The Kier molecular flexibility index (Phi) is 2.90. The van der Waals surface area contributed by atoms with Crippen molar-refractivity contribution >= 4 is 5.97 Å². The Bertz CT molecular complexity index is 129. The second-order valence-corrected chi connectivity index (χ2v) is 1.56. The molecule has 0 rings (SSSR count). The van der Waals surface area contributed by atoms with Crippen LogP contribution in [-0.2, 0) is 4.79 Å². The van der Waals surface area contributed by atoms with Crippen LogP contribution in [0, 0.1) is 0 Å². The smallest absolute Gasteiger partial charge is 0.336 e. The summed E-state index contributed by atoms with van der Waals surface area (Å²) >= 11 is 0. The summed E-state index contributed by atoms with van der Waals surface area (Å²) in [7, 11) is 0. The van der Waals surface area contributed by atoms with E-state index in [1.165, 1.54) is 0 Å². The van der Waals surface area contributed by atoms with Crippen molar-refractivity contribution in [1.29, 1.82) is 0 Å². The molecule has 0 spiro atoms. The molecule has 0 aliphatic carbocycles. The fourth-order valence-electron chi connectivity index (χ4n) is 0.261. The van der Waals surface area contributed by atoms with E-state index in [2.05, 4.69) is 6.58 Å². The van der Waals surface area contributed by atoms with Crippen LogP contribution in [0.15, 0.2) is 12.2 Å². The lowest BCUT2D eigenvalue weighted by Gasteiger charge is -2.03. The van der Waals surface area contributed by atoms with Gasteiger partial charge in [0.15, 0.2) is 6.10 Å².